The molecule has 13 heavy (non-hydrogen) atoms. The van der Waals surface area contributed by atoms with Gasteiger partial charge in [0.1, 0.15) is 0 Å². The van der Waals surface area contributed by atoms with Gasteiger partial charge in [0.15, 0.2) is 0 Å². The van der Waals surface area contributed by atoms with Gasteiger partial charge in [0, 0.05) is 0 Å². The van der Waals surface area contributed by atoms with Crippen LogP contribution >= 0.6 is 0 Å². The van der Waals surface area contributed by atoms with Crippen molar-refractivity contribution in [3.8, 4) is 0 Å². The third kappa shape index (κ3) is 12.5. The fourth-order valence-corrected chi connectivity index (χ4v) is 0.564. The van der Waals surface area contributed by atoms with Gasteiger partial charge < -0.3 is 0 Å². The summed E-state index contributed by atoms with van der Waals surface area (Å²) in [5, 5.41) is 0. The van der Waals surface area contributed by atoms with Gasteiger partial charge in [-0.3, -0.25) is 19.5 Å². The zero-order valence-corrected chi connectivity index (χ0v) is 10.4. The van der Waals surface area contributed by atoms with Crippen molar-refractivity contribution in [2.24, 2.45) is 0 Å². The van der Waals surface area contributed by atoms with E-state index in [0.717, 1.165) is 5.56 Å². The van der Waals surface area contributed by atoms with E-state index in [-0.39, 0.29) is 51.4 Å². The maximum absolute atomic E-state index is 9.67. The summed E-state index contributed by atoms with van der Waals surface area (Å²) in [6.07, 6.45) is 1.58. The SMILES string of the molecule is FB(F)F.[CH-]=Cc1ccccc1.[K+]. The molecule has 0 aliphatic heterocycles. The van der Waals surface area contributed by atoms with Crippen molar-refractivity contribution >= 4 is 13.6 Å². The van der Waals surface area contributed by atoms with E-state index in [1.54, 1.807) is 6.08 Å². The molecule has 0 heterocycles. The minimum Gasteiger partial charge on any atom is -0.292 e. The summed E-state index contributed by atoms with van der Waals surface area (Å²) in [7, 11) is -3.67. The van der Waals surface area contributed by atoms with Crippen LogP contribution in [0.5, 0.6) is 0 Å². The summed E-state index contributed by atoms with van der Waals surface area (Å²) < 4.78 is 29.0. The zero-order chi connectivity index (χ0) is 9.40. The monoisotopic (exact) mass is 210 g/mol. The first-order chi connectivity index (χ1) is 5.66. The van der Waals surface area contributed by atoms with E-state index in [1.807, 2.05) is 30.3 Å². The van der Waals surface area contributed by atoms with Crippen LogP contribution in [0.4, 0.5) is 12.9 Å². The summed E-state index contributed by atoms with van der Waals surface area (Å²) in [6, 6.07) is 9.80. The van der Waals surface area contributed by atoms with Gasteiger partial charge >= 0.3 is 58.9 Å². The van der Waals surface area contributed by atoms with Crippen LogP contribution in [0.25, 0.3) is 6.08 Å². The molecule has 0 fully saturated rings. The Hall–Kier alpha value is 0.451. The molecular formula is C8H7BF3K. The molecule has 0 N–H and O–H groups in total. The largest absolute Gasteiger partial charge is 1.00 e. The normalized spacial score (nSPS) is 7.31. The topological polar surface area (TPSA) is 0 Å². The second kappa shape index (κ2) is 10.5. The van der Waals surface area contributed by atoms with Crippen LogP contribution < -0.4 is 51.4 Å². The molecule has 1 rings (SSSR count). The van der Waals surface area contributed by atoms with Gasteiger partial charge in [-0.05, 0) is 0 Å². The molecule has 0 radical (unpaired) electrons. The Kier molecular flexibility index (Phi) is 12.9. The minimum absolute atomic E-state index is 0. The molecule has 0 aromatic heterocycles. The summed E-state index contributed by atoms with van der Waals surface area (Å²) in [6.45, 7) is 5.22. The van der Waals surface area contributed by atoms with E-state index < -0.39 is 7.54 Å². The van der Waals surface area contributed by atoms with Crippen molar-refractivity contribution in [3.63, 3.8) is 0 Å². The molecule has 0 bridgehead atoms. The Morgan fingerprint density at radius 2 is 1.46 bits per heavy atom. The summed E-state index contributed by atoms with van der Waals surface area (Å²) in [5.74, 6) is 0. The van der Waals surface area contributed by atoms with Crippen LogP contribution in [-0.2, 0) is 0 Å². The van der Waals surface area contributed by atoms with Crippen LogP contribution in [0.2, 0.25) is 0 Å². The molecule has 1 aromatic rings. The first-order valence-corrected chi connectivity index (χ1v) is 3.19. The Balaban J connectivity index is 0. The molecule has 0 saturated carbocycles. The van der Waals surface area contributed by atoms with E-state index >= 15 is 0 Å². The Labute approximate surface area is 119 Å². The van der Waals surface area contributed by atoms with E-state index in [1.165, 1.54) is 0 Å². The average Bonchev–Trinajstić information content (AvgIpc) is 2.05. The predicted molar refractivity (Wildman–Crippen MR) is 44.3 cm³/mol. The van der Waals surface area contributed by atoms with E-state index in [4.69, 9.17) is 6.58 Å². The molecule has 0 aliphatic carbocycles. The standard InChI is InChI=1S/C8H7.BF3.K/c1-2-8-6-4-3-5-7-8;2-1(3)4;/h1-7H;;/q-1;;+1. The second-order valence-corrected chi connectivity index (χ2v) is 1.82. The third-order valence-electron chi connectivity index (χ3n) is 0.992. The van der Waals surface area contributed by atoms with Gasteiger partial charge in [-0.15, -0.1) is 12.1 Å². The van der Waals surface area contributed by atoms with Gasteiger partial charge in [0.2, 0.25) is 0 Å². The maximum Gasteiger partial charge on any atom is 1.00 e. The number of hydrogen-bond acceptors (Lipinski definition) is 0. The molecule has 0 nitrogen and oxygen atoms in total. The molecule has 0 spiro atoms. The molecule has 0 amide bonds. The fraction of sp³-hybridized carbons (Fsp3) is 0. The third-order valence-corrected chi connectivity index (χ3v) is 0.992. The number of benzene rings is 1. The number of halogens is 3. The first-order valence-electron chi connectivity index (χ1n) is 3.19. The summed E-state index contributed by atoms with van der Waals surface area (Å²) >= 11 is 0. The molecule has 0 aliphatic rings. The fourth-order valence-electron chi connectivity index (χ4n) is 0.564. The Morgan fingerprint density at radius 1 is 1.08 bits per heavy atom. The minimum atomic E-state index is -3.67. The van der Waals surface area contributed by atoms with Gasteiger partial charge in [-0.25, -0.2) is 6.08 Å². The smallest absolute Gasteiger partial charge is 0.292 e. The maximum atomic E-state index is 9.67. The molecule has 64 valence electrons. The number of rotatable bonds is 1. The molecule has 5 heteroatoms. The Bertz CT molecular complexity index is 213. The van der Waals surface area contributed by atoms with E-state index in [0.29, 0.717) is 0 Å². The molecular weight excluding hydrogens is 203 g/mol. The second-order valence-electron chi connectivity index (χ2n) is 1.82. The summed E-state index contributed by atoms with van der Waals surface area (Å²) in [5.41, 5.74) is 1.06. The van der Waals surface area contributed by atoms with Crippen molar-refractivity contribution in [2.75, 3.05) is 0 Å². The van der Waals surface area contributed by atoms with Crippen molar-refractivity contribution in [1.82, 2.24) is 0 Å². The predicted octanol–water partition coefficient (Wildman–Crippen LogP) is 0.0166. The van der Waals surface area contributed by atoms with Crippen LogP contribution in [0.1, 0.15) is 5.56 Å². The van der Waals surface area contributed by atoms with E-state index in [2.05, 4.69) is 0 Å². The van der Waals surface area contributed by atoms with Crippen molar-refractivity contribution in [3.05, 3.63) is 42.5 Å². The van der Waals surface area contributed by atoms with Gasteiger partial charge in [-0.1, -0.05) is 18.2 Å². The van der Waals surface area contributed by atoms with Gasteiger partial charge in [0.25, 0.3) is 0 Å². The van der Waals surface area contributed by atoms with E-state index in [9.17, 15) is 12.9 Å². The van der Waals surface area contributed by atoms with Crippen LogP contribution in [0.3, 0.4) is 0 Å². The van der Waals surface area contributed by atoms with Crippen molar-refractivity contribution in [2.45, 2.75) is 0 Å². The zero-order valence-electron chi connectivity index (χ0n) is 7.25. The van der Waals surface area contributed by atoms with Crippen molar-refractivity contribution < 1.29 is 64.3 Å². The van der Waals surface area contributed by atoms with Crippen LogP contribution in [0, 0.1) is 6.58 Å². The van der Waals surface area contributed by atoms with Gasteiger partial charge in [0.05, 0.1) is 0 Å². The van der Waals surface area contributed by atoms with Crippen LogP contribution in [-0.4, -0.2) is 7.54 Å². The Morgan fingerprint density at radius 3 is 1.69 bits per heavy atom. The van der Waals surface area contributed by atoms with Crippen molar-refractivity contribution in [1.29, 1.82) is 0 Å². The first kappa shape index (κ1) is 15.9. The summed E-state index contributed by atoms with van der Waals surface area (Å²) in [4.78, 5) is 0. The average molecular weight is 210 g/mol. The molecule has 0 saturated heterocycles. The molecule has 0 atom stereocenters. The molecule has 0 unspecified atom stereocenters. The number of hydrogen-bond donors (Lipinski definition) is 0. The molecule has 1 aromatic carbocycles. The quantitative estimate of drug-likeness (QED) is 0.452. The van der Waals surface area contributed by atoms with Crippen LogP contribution in [0.15, 0.2) is 30.3 Å². The van der Waals surface area contributed by atoms with Gasteiger partial charge in [-0.2, -0.15) is 5.56 Å².